The highest BCUT2D eigenvalue weighted by molar-refractivity contribution is 5.99. The molecule has 3 heterocycles. The number of hydrogen-bond donors (Lipinski definition) is 13. The van der Waals surface area contributed by atoms with Crippen LogP contribution in [-0.2, 0) is 67.3 Å². The summed E-state index contributed by atoms with van der Waals surface area (Å²) in [5, 5.41) is 21.4. The summed E-state index contributed by atoms with van der Waals surface area (Å²) in [6.07, 6.45) is 5.38. The number of benzene rings is 3. The van der Waals surface area contributed by atoms with Crippen molar-refractivity contribution in [3.8, 4) is 0 Å². The van der Waals surface area contributed by atoms with Crippen LogP contribution in [0.25, 0.3) is 21.7 Å². The average Bonchev–Trinajstić information content (AvgIpc) is 4.14. The summed E-state index contributed by atoms with van der Waals surface area (Å²) in [4.78, 5) is 145. The Bertz CT molecular complexity index is 2960. The lowest BCUT2D eigenvalue weighted by Gasteiger charge is -2.28. The van der Waals surface area contributed by atoms with E-state index in [0.717, 1.165) is 21.7 Å². The van der Waals surface area contributed by atoms with Gasteiger partial charge in [-0.25, -0.2) is 4.98 Å². The first-order valence-electron chi connectivity index (χ1n) is 26.3. The molecule has 422 valence electrons. The summed E-state index contributed by atoms with van der Waals surface area (Å²) >= 11 is 0. The topological polar surface area (TPSA) is 394 Å². The fourth-order valence-electron chi connectivity index (χ4n) is 9.07. The van der Waals surface area contributed by atoms with E-state index < -0.39 is 102 Å². The van der Waals surface area contributed by atoms with Crippen LogP contribution in [-0.4, -0.2) is 130 Å². The van der Waals surface area contributed by atoms with Crippen molar-refractivity contribution >= 4 is 80.9 Å². The number of imidazole rings is 1. The molecule has 1 aliphatic heterocycles. The number of carbonyl (C=O) groups is 9. The van der Waals surface area contributed by atoms with Gasteiger partial charge in [-0.05, 0) is 66.5 Å². The number of unbranched alkanes of at least 4 members (excludes halogenated alkanes) is 1. The number of rotatable bonds is 17. The summed E-state index contributed by atoms with van der Waals surface area (Å²) in [7, 11) is 0. The Kier molecular flexibility index (Phi) is 22.2. The maximum absolute atomic E-state index is 15.0. The molecule has 6 rings (SSSR count). The van der Waals surface area contributed by atoms with Gasteiger partial charge in [0.05, 0.1) is 12.7 Å². The smallest absolute Gasteiger partial charge is 0.327 e. The second-order valence-corrected chi connectivity index (χ2v) is 19.4. The fourth-order valence-corrected chi connectivity index (χ4v) is 9.07. The van der Waals surface area contributed by atoms with Crippen molar-refractivity contribution in [3.63, 3.8) is 0 Å². The Balaban J connectivity index is 1.40. The Hall–Kier alpha value is -8.87. The number of hydroxylamine groups is 1. The molecule has 7 atom stereocenters. The van der Waals surface area contributed by atoms with Crippen molar-refractivity contribution in [1.82, 2.24) is 57.6 Å². The number of aromatic amines is 2. The number of amides is 8. The molecule has 0 unspecified atom stereocenters. The minimum absolute atomic E-state index is 0.0400. The summed E-state index contributed by atoms with van der Waals surface area (Å²) in [6.45, 7) is 3.22. The van der Waals surface area contributed by atoms with Crippen molar-refractivity contribution < 1.29 is 48.0 Å². The Labute approximate surface area is 455 Å². The number of fused-ring (bicyclic) bond motifs is 2. The number of carbonyl (C=O) groups excluding carboxylic acids is 9. The third-order valence-corrected chi connectivity index (χ3v) is 13.2. The van der Waals surface area contributed by atoms with Crippen LogP contribution in [0.4, 0.5) is 0 Å². The lowest BCUT2D eigenvalue weighted by molar-refractivity contribution is -0.153. The molecule has 3 aromatic carbocycles. The van der Waals surface area contributed by atoms with Crippen molar-refractivity contribution in [2.75, 3.05) is 13.1 Å². The highest BCUT2D eigenvalue weighted by Gasteiger charge is 2.36. The van der Waals surface area contributed by atoms with Gasteiger partial charge in [0.2, 0.25) is 47.3 Å². The van der Waals surface area contributed by atoms with Gasteiger partial charge in [0.15, 0.2) is 5.96 Å². The quantitative estimate of drug-likeness (QED) is 0.0327. The molecule has 25 nitrogen and oxygen atoms in total. The number of guanidine groups is 1. The van der Waals surface area contributed by atoms with Crippen molar-refractivity contribution in [3.05, 3.63) is 102 Å². The van der Waals surface area contributed by atoms with Gasteiger partial charge < -0.3 is 69.2 Å². The molecule has 16 N–H and O–H groups in total. The molecule has 1 fully saturated rings. The Morgan fingerprint density at radius 2 is 1.43 bits per heavy atom. The lowest BCUT2D eigenvalue weighted by atomic mass is 9.99. The van der Waals surface area contributed by atoms with E-state index in [1.807, 2.05) is 67.6 Å². The minimum Gasteiger partial charge on any atom is -0.371 e. The summed E-state index contributed by atoms with van der Waals surface area (Å²) < 4.78 is 0. The van der Waals surface area contributed by atoms with Gasteiger partial charge in [-0.15, -0.1) is 0 Å². The summed E-state index contributed by atoms with van der Waals surface area (Å²) in [6, 6.07) is 10.7. The van der Waals surface area contributed by atoms with Crippen LogP contribution >= 0.6 is 0 Å². The van der Waals surface area contributed by atoms with E-state index in [9.17, 15) is 43.2 Å². The van der Waals surface area contributed by atoms with Crippen LogP contribution < -0.4 is 59.9 Å². The number of primary amides is 1. The zero-order valence-corrected chi connectivity index (χ0v) is 44.2. The van der Waals surface area contributed by atoms with Crippen molar-refractivity contribution in [2.45, 2.75) is 133 Å². The number of para-hydroxylation sites is 1. The van der Waals surface area contributed by atoms with Gasteiger partial charge in [0.25, 0.3) is 0 Å². The molecular formula is C54H71N15O10. The van der Waals surface area contributed by atoms with Crippen LogP contribution in [0.15, 0.2) is 90.4 Å². The lowest BCUT2D eigenvalue weighted by Crippen LogP contribution is -2.61. The molecule has 8 amide bonds. The normalized spacial score (nSPS) is 20.9. The monoisotopic (exact) mass is 1090 g/mol. The van der Waals surface area contributed by atoms with Gasteiger partial charge in [-0.2, -0.15) is 5.48 Å². The molecule has 0 radical (unpaired) electrons. The third-order valence-electron chi connectivity index (χ3n) is 13.2. The SMILES string of the molecule is CCCC[C@H](NC(C)=O)C(=O)N[C@H]1CC(=O)ONCCCC[C@@H](C(N)=O)NC(=O)[C@H](Cc2c[nH]c3ccccc23)NC(=O)[C@H](CCCN=C(N)N)NC(=O)[C@@H](Cc2ccc3ccccc3c2)NC(=O)[C@H](Cc2cnc[nH]2)NC1=O. The largest absolute Gasteiger partial charge is 0.371 e. The summed E-state index contributed by atoms with van der Waals surface area (Å²) in [5.41, 5.74) is 22.0. The highest BCUT2D eigenvalue weighted by atomic mass is 16.7. The van der Waals surface area contributed by atoms with Gasteiger partial charge in [0, 0.05) is 68.3 Å². The predicted octanol–water partition coefficient (Wildman–Crippen LogP) is -0.164. The molecule has 1 aliphatic rings. The highest BCUT2D eigenvalue weighted by Crippen LogP contribution is 2.21. The second kappa shape index (κ2) is 29.6. The van der Waals surface area contributed by atoms with E-state index in [-0.39, 0.29) is 76.8 Å². The summed E-state index contributed by atoms with van der Waals surface area (Å²) in [5.74, 6) is -7.61. The standard InChI is InChI=1S/C54H71N15O10/c1-3-4-15-40(63-31(2)70)48(73)69-45-27-46(71)79-62-22-10-9-17-39(47(55)72)64-51(76)43(25-35-28-60-38-16-8-7-14-37(35)38)67-49(74)41(18-11-21-59-54(56)57)65-50(75)42(24-32-19-20-33-12-5-6-13-34(33)23-32)66-52(77)44(68-53(45)78)26-36-29-58-30-61-36/h5-8,12-14,16,19-20,23,28-30,39-45,60,62H,3-4,9-11,15,17-18,21-22,24-27H2,1-2H3,(H2,55,72)(H,58,61)(H,63,70)(H,64,76)(H,65,75)(H,66,77)(H,67,74)(H,68,78)(H,69,73)(H4,56,57,59)/t39-,40-,41-,42+,43-,44-,45-/m0/s1. The minimum atomic E-state index is -1.67. The Morgan fingerprint density at radius 3 is 2.14 bits per heavy atom. The molecule has 0 aliphatic carbocycles. The molecule has 0 spiro atoms. The molecule has 25 heteroatoms. The molecule has 0 saturated carbocycles. The number of H-pyrrole nitrogens is 2. The molecular weight excluding hydrogens is 1020 g/mol. The van der Waals surface area contributed by atoms with Crippen LogP contribution in [0, 0.1) is 0 Å². The van der Waals surface area contributed by atoms with Gasteiger partial charge in [0.1, 0.15) is 42.3 Å². The number of hydrogen-bond acceptors (Lipinski definition) is 13. The van der Waals surface area contributed by atoms with Gasteiger partial charge >= 0.3 is 5.97 Å². The zero-order valence-electron chi connectivity index (χ0n) is 44.2. The van der Waals surface area contributed by atoms with Crippen LogP contribution in [0.1, 0.15) is 88.5 Å². The van der Waals surface area contributed by atoms with E-state index in [4.69, 9.17) is 22.0 Å². The number of nitrogens with one attached hydrogen (secondary N) is 10. The van der Waals surface area contributed by atoms with Crippen LogP contribution in [0.3, 0.4) is 0 Å². The molecule has 79 heavy (non-hydrogen) atoms. The maximum atomic E-state index is 15.0. The average molecular weight is 1090 g/mol. The zero-order chi connectivity index (χ0) is 56.8. The van der Waals surface area contributed by atoms with E-state index in [0.29, 0.717) is 29.7 Å². The molecule has 0 bridgehead atoms. The van der Waals surface area contributed by atoms with E-state index >= 15 is 0 Å². The van der Waals surface area contributed by atoms with E-state index in [2.05, 4.69) is 62.6 Å². The van der Waals surface area contributed by atoms with Gasteiger partial charge in [-0.1, -0.05) is 80.4 Å². The first-order valence-corrected chi connectivity index (χ1v) is 26.3. The molecule has 1 saturated heterocycles. The number of nitrogens with zero attached hydrogens (tertiary/aromatic N) is 2. The Morgan fingerprint density at radius 1 is 0.759 bits per heavy atom. The predicted molar refractivity (Wildman–Crippen MR) is 292 cm³/mol. The van der Waals surface area contributed by atoms with Gasteiger partial charge in [-0.3, -0.25) is 48.1 Å². The number of aliphatic imine (C=N–C) groups is 1. The van der Waals surface area contributed by atoms with Crippen molar-refractivity contribution in [1.29, 1.82) is 0 Å². The number of nitrogens with two attached hydrogens (primary N) is 3. The van der Waals surface area contributed by atoms with E-state index in [1.165, 1.54) is 19.4 Å². The van der Waals surface area contributed by atoms with Crippen LogP contribution in [0.5, 0.6) is 0 Å². The maximum Gasteiger partial charge on any atom is 0.327 e. The first-order chi connectivity index (χ1) is 38.0. The van der Waals surface area contributed by atoms with E-state index in [1.54, 1.807) is 12.3 Å². The molecule has 2 aromatic heterocycles. The second-order valence-electron chi connectivity index (χ2n) is 19.4. The molecule has 5 aromatic rings. The van der Waals surface area contributed by atoms with Crippen molar-refractivity contribution in [2.24, 2.45) is 22.2 Å². The van der Waals surface area contributed by atoms with Crippen LogP contribution in [0.2, 0.25) is 0 Å². The third kappa shape index (κ3) is 18.4. The first kappa shape index (κ1) is 59.4. The number of aromatic nitrogens is 3. The fraction of sp³-hybridized carbons (Fsp3) is 0.426.